The minimum absolute atomic E-state index is 0.208. The first-order valence-corrected chi connectivity index (χ1v) is 7.02. The summed E-state index contributed by atoms with van der Waals surface area (Å²) in [4.78, 5) is 0. The summed E-state index contributed by atoms with van der Waals surface area (Å²) in [5, 5.41) is 3.15. The maximum Gasteiger partial charge on any atom is 0.150 e. The largest absolute Gasteiger partial charge is 0.319 e. The lowest BCUT2D eigenvalue weighted by molar-refractivity contribution is 0.273. The maximum atomic E-state index is 11.3. The first-order valence-electron chi connectivity index (χ1n) is 5.20. The number of sulfone groups is 1. The molecule has 0 bridgehead atoms. The highest BCUT2D eigenvalue weighted by Crippen LogP contribution is 2.31. The number of hydrogen-bond acceptors (Lipinski definition) is 3. The molecule has 1 atom stereocenters. The predicted molar refractivity (Wildman–Crippen MR) is 59.1 cm³/mol. The van der Waals surface area contributed by atoms with Gasteiger partial charge in [-0.2, -0.15) is 0 Å². The molecular weight excluding hydrogens is 198 g/mol. The normalized spacial score (nSPS) is 26.6. The van der Waals surface area contributed by atoms with Crippen molar-refractivity contribution in [2.75, 3.05) is 25.1 Å². The van der Waals surface area contributed by atoms with Crippen molar-refractivity contribution in [2.45, 2.75) is 26.7 Å². The third-order valence-electron chi connectivity index (χ3n) is 2.82. The number of rotatable bonds is 4. The molecular formula is C10H21NO2S. The van der Waals surface area contributed by atoms with Crippen molar-refractivity contribution in [3.8, 4) is 0 Å². The Morgan fingerprint density at radius 1 is 1.43 bits per heavy atom. The van der Waals surface area contributed by atoms with E-state index in [1.807, 2.05) is 7.05 Å². The molecule has 14 heavy (non-hydrogen) atoms. The van der Waals surface area contributed by atoms with E-state index in [4.69, 9.17) is 0 Å². The van der Waals surface area contributed by atoms with Crippen molar-refractivity contribution in [3.63, 3.8) is 0 Å². The van der Waals surface area contributed by atoms with Crippen molar-refractivity contribution in [2.24, 2.45) is 11.3 Å². The summed E-state index contributed by atoms with van der Waals surface area (Å²) >= 11 is 0. The zero-order valence-electron chi connectivity index (χ0n) is 9.34. The van der Waals surface area contributed by atoms with Gasteiger partial charge in [0.05, 0.1) is 11.5 Å². The lowest BCUT2D eigenvalue weighted by Crippen LogP contribution is -2.29. The molecule has 1 aliphatic heterocycles. The first kappa shape index (κ1) is 12.0. The molecule has 1 rings (SSSR count). The van der Waals surface area contributed by atoms with E-state index in [-0.39, 0.29) is 5.41 Å². The van der Waals surface area contributed by atoms with Gasteiger partial charge in [0, 0.05) is 0 Å². The van der Waals surface area contributed by atoms with E-state index in [0.29, 0.717) is 17.4 Å². The third-order valence-corrected chi connectivity index (χ3v) is 4.66. The fourth-order valence-electron chi connectivity index (χ4n) is 2.37. The van der Waals surface area contributed by atoms with Crippen LogP contribution >= 0.6 is 0 Å². The van der Waals surface area contributed by atoms with Crippen molar-refractivity contribution in [1.29, 1.82) is 0 Å². The van der Waals surface area contributed by atoms with Gasteiger partial charge in [0.1, 0.15) is 0 Å². The predicted octanol–water partition coefficient (Wildman–Crippen LogP) is 1.06. The average Bonchev–Trinajstić information content (AvgIpc) is 2.28. The standard InChI is InChI=1S/C10H21NO2S/c1-10(2,8-11-3)6-9-4-5-14(12,13)7-9/h9,11H,4-8H2,1-3H3. The van der Waals surface area contributed by atoms with Crippen LogP contribution in [0.15, 0.2) is 0 Å². The average molecular weight is 219 g/mol. The zero-order chi connectivity index (χ0) is 10.8. The van der Waals surface area contributed by atoms with Gasteiger partial charge < -0.3 is 5.32 Å². The molecule has 0 saturated carbocycles. The van der Waals surface area contributed by atoms with E-state index in [0.717, 1.165) is 19.4 Å². The van der Waals surface area contributed by atoms with Crippen LogP contribution in [0.3, 0.4) is 0 Å². The van der Waals surface area contributed by atoms with Crippen molar-refractivity contribution >= 4 is 9.84 Å². The Morgan fingerprint density at radius 2 is 2.07 bits per heavy atom. The highest BCUT2D eigenvalue weighted by atomic mass is 32.2. The van der Waals surface area contributed by atoms with Gasteiger partial charge >= 0.3 is 0 Å². The molecule has 1 saturated heterocycles. The Hall–Kier alpha value is -0.0900. The quantitative estimate of drug-likeness (QED) is 0.769. The van der Waals surface area contributed by atoms with Crippen LogP contribution < -0.4 is 5.32 Å². The molecule has 0 amide bonds. The van der Waals surface area contributed by atoms with E-state index >= 15 is 0 Å². The molecule has 1 unspecified atom stereocenters. The fraction of sp³-hybridized carbons (Fsp3) is 1.00. The fourth-order valence-corrected chi connectivity index (χ4v) is 4.23. The van der Waals surface area contributed by atoms with Gasteiger partial charge in [0.25, 0.3) is 0 Å². The minimum atomic E-state index is -2.70. The molecule has 1 aliphatic rings. The zero-order valence-corrected chi connectivity index (χ0v) is 10.2. The van der Waals surface area contributed by atoms with Gasteiger partial charge in [-0.05, 0) is 37.8 Å². The SMILES string of the molecule is CNCC(C)(C)CC1CCS(=O)(=O)C1. The third kappa shape index (κ3) is 3.58. The van der Waals surface area contributed by atoms with Crippen molar-refractivity contribution in [1.82, 2.24) is 5.32 Å². The molecule has 0 spiro atoms. The summed E-state index contributed by atoms with van der Waals surface area (Å²) in [7, 11) is -0.766. The second-order valence-corrected chi connectivity index (χ2v) is 7.40. The molecule has 1 N–H and O–H groups in total. The summed E-state index contributed by atoms with van der Waals surface area (Å²) in [5.74, 6) is 1.18. The Bertz CT molecular complexity index is 282. The Labute approximate surface area is 87.2 Å². The molecule has 0 aromatic carbocycles. The van der Waals surface area contributed by atoms with Crippen LogP contribution in [-0.4, -0.2) is 33.5 Å². The van der Waals surface area contributed by atoms with Crippen LogP contribution in [-0.2, 0) is 9.84 Å². The van der Waals surface area contributed by atoms with Gasteiger partial charge in [-0.15, -0.1) is 0 Å². The molecule has 0 aliphatic carbocycles. The van der Waals surface area contributed by atoms with Crippen LogP contribution in [0.4, 0.5) is 0 Å². The van der Waals surface area contributed by atoms with Crippen LogP contribution in [0.2, 0.25) is 0 Å². The van der Waals surface area contributed by atoms with E-state index < -0.39 is 9.84 Å². The Kier molecular flexibility index (Phi) is 3.58. The second kappa shape index (κ2) is 4.19. The van der Waals surface area contributed by atoms with E-state index in [9.17, 15) is 8.42 Å². The molecule has 0 aromatic rings. The number of nitrogens with one attached hydrogen (secondary N) is 1. The van der Waals surface area contributed by atoms with E-state index in [1.165, 1.54) is 0 Å². The smallest absolute Gasteiger partial charge is 0.150 e. The van der Waals surface area contributed by atoms with Crippen LogP contribution in [0.25, 0.3) is 0 Å². The monoisotopic (exact) mass is 219 g/mol. The van der Waals surface area contributed by atoms with Gasteiger partial charge in [0.15, 0.2) is 9.84 Å². The van der Waals surface area contributed by atoms with E-state index in [2.05, 4.69) is 19.2 Å². The van der Waals surface area contributed by atoms with E-state index in [1.54, 1.807) is 0 Å². The van der Waals surface area contributed by atoms with Crippen molar-refractivity contribution in [3.05, 3.63) is 0 Å². The summed E-state index contributed by atoms with van der Waals surface area (Å²) in [6.45, 7) is 5.33. The molecule has 0 radical (unpaired) electrons. The molecule has 3 nitrogen and oxygen atoms in total. The molecule has 84 valence electrons. The molecule has 4 heteroatoms. The summed E-state index contributed by atoms with van der Waals surface area (Å²) < 4.78 is 22.5. The lowest BCUT2D eigenvalue weighted by Gasteiger charge is -2.27. The topological polar surface area (TPSA) is 46.2 Å². The first-order chi connectivity index (χ1) is 6.35. The molecule has 1 heterocycles. The van der Waals surface area contributed by atoms with Gasteiger partial charge in [-0.25, -0.2) is 8.42 Å². The highest BCUT2D eigenvalue weighted by Gasteiger charge is 2.32. The Morgan fingerprint density at radius 3 is 2.50 bits per heavy atom. The van der Waals surface area contributed by atoms with Crippen LogP contribution in [0.1, 0.15) is 26.7 Å². The molecule has 0 aromatic heterocycles. The summed E-state index contributed by atoms with van der Waals surface area (Å²) in [6, 6.07) is 0. The maximum absolute atomic E-state index is 11.3. The molecule has 1 fully saturated rings. The number of hydrogen-bond donors (Lipinski definition) is 1. The summed E-state index contributed by atoms with van der Waals surface area (Å²) in [5.41, 5.74) is 0.208. The van der Waals surface area contributed by atoms with Gasteiger partial charge in [-0.1, -0.05) is 13.8 Å². The highest BCUT2D eigenvalue weighted by molar-refractivity contribution is 7.91. The van der Waals surface area contributed by atoms with Crippen molar-refractivity contribution < 1.29 is 8.42 Å². The Balaban J connectivity index is 2.46. The second-order valence-electron chi connectivity index (χ2n) is 5.17. The van der Waals surface area contributed by atoms with Gasteiger partial charge in [0.2, 0.25) is 0 Å². The van der Waals surface area contributed by atoms with Crippen LogP contribution in [0, 0.1) is 11.3 Å². The lowest BCUT2D eigenvalue weighted by atomic mass is 9.82. The summed E-state index contributed by atoms with van der Waals surface area (Å²) in [6.07, 6.45) is 1.86. The van der Waals surface area contributed by atoms with Crippen LogP contribution in [0.5, 0.6) is 0 Å². The minimum Gasteiger partial charge on any atom is -0.319 e. The van der Waals surface area contributed by atoms with Gasteiger partial charge in [-0.3, -0.25) is 0 Å².